The van der Waals surface area contributed by atoms with Crippen molar-refractivity contribution in [2.45, 2.75) is 115 Å². The highest BCUT2D eigenvalue weighted by atomic mass is 15.0. The smallest absolute Gasteiger partial charge is 0.0344 e. The van der Waals surface area contributed by atoms with Crippen molar-refractivity contribution in [3.05, 3.63) is 22.5 Å². The van der Waals surface area contributed by atoms with Crippen molar-refractivity contribution >= 4 is 0 Å². The molecule has 4 nitrogen and oxygen atoms in total. The Balaban J connectivity index is 1.77. The van der Waals surface area contributed by atoms with Crippen molar-refractivity contribution in [1.82, 2.24) is 21.3 Å². The van der Waals surface area contributed by atoms with E-state index in [4.69, 9.17) is 0 Å². The van der Waals surface area contributed by atoms with E-state index in [0.29, 0.717) is 36.3 Å². The van der Waals surface area contributed by atoms with Gasteiger partial charge in [-0.05, 0) is 90.2 Å². The van der Waals surface area contributed by atoms with Gasteiger partial charge in [-0.3, -0.25) is 0 Å². The molecule has 4 aliphatic rings. The van der Waals surface area contributed by atoms with E-state index in [0.717, 1.165) is 0 Å². The summed E-state index contributed by atoms with van der Waals surface area (Å²) >= 11 is 0. The van der Waals surface area contributed by atoms with Crippen LogP contribution in [0.15, 0.2) is 22.5 Å². The lowest BCUT2D eigenvalue weighted by Crippen LogP contribution is -2.38. The lowest BCUT2D eigenvalue weighted by Gasteiger charge is -2.29. The standard InChI is InChI=1S/C22H38N4/c1-13-5-9-17(23-13)21(18-10-6-14(2)24-18)22(19-11-7-15(3)25-19)20-12-8-16(4)26-20/h13-17,19,23-26H,5-12H2,1-4H3/b21-18+,22-20+. The summed E-state index contributed by atoms with van der Waals surface area (Å²) in [4.78, 5) is 0. The van der Waals surface area contributed by atoms with E-state index in [1.165, 1.54) is 62.8 Å². The van der Waals surface area contributed by atoms with Crippen LogP contribution < -0.4 is 21.3 Å². The molecule has 0 bridgehead atoms. The van der Waals surface area contributed by atoms with Crippen LogP contribution >= 0.6 is 0 Å². The summed E-state index contributed by atoms with van der Waals surface area (Å²) in [6, 6.07) is 3.50. The van der Waals surface area contributed by atoms with Crippen molar-refractivity contribution in [3.8, 4) is 0 Å². The van der Waals surface area contributed by atoms with Crippen LogP contribution in [-0.4, -0.2) is 36.3 Å². The maximum atomic E-state index is 3.91. The SMILES string of the molecule is CC1CC/C(=C(\C(=C2/CCC(C)N2)C2CCC(C)N2)C2CCC(C)N2)N1. The molecule has 0 aromatic heterocycles. The van der Waals surface area contributed by atoms with Crippen LogP contribution in [0.3, 0.4) is 0 Å². The average Bonchev–Trinajstić information content (AvgIpc) is 3.36. The van der Waals surface area contributed by atoms with Crippen molar-refractivity contribution in [2.75, 3.05) is 0 Å². The largest absolute Gasteiger partial charge is 0.386 e. The fourth-order valence-corrected chi connectivity index (χ4v) is 5.46. The van der Waals surface area contributed by atoms with E-state index in [-0.39, 0.29) is 0 Å². The number of rotatable bonds is 3. The maximum absolute atomic E-state index is 3.91. The average molecular weight is 359 g/mol. The minimum Gasteiger partial charge on any atom is -0.386 e. The summed E-state index contributed by atoms with van der Waals surface area (Å²) in [6.07, 6.45) is 10.1. The van der Waals surface area contributed by atoms with Gasteiger partial charge in [0.1, 0.15) is 0 Å². The molecule has 4 heterocycles. The Bertz CT molecular complexity index is 541. The quantitative estimate of drug-likeness (QED) is 0.625. The summed E-state index contributed by atoms with van der Waals surface area (Å²) < 4.78 is 0. The molecular formula is C22H38N4. The molecule has 4 N–H and O–H groups in total. The van der Waals surface area contributed by atoms with Gasteiger partial charge in [0, 0.05) is 47.6 Å². The van der Waals surface area contributed by atoms with Gasteiger partial charge in [-0.25, -0.2) is 0 Å². The first kappa shape index (κ1) is 18.4. The summed E-state index contributed by atoms with van der Waals surface area (Å²) in [7, 11) is 0. The second-order valence-electron chi connectivity index (χ2n) is 9.35. The monoisotopic (exact) mass is 358 g/mol. The number of hydrogen-bond donors (Lipinski definition) is 4. The summed E-state index contributed by atoms with van der Waals surface area (Å²) in [6.45, 7) is 9.33. The van der Waals surface area contributed by atoms with E-state index in [1.54, 1.807) is 11.1 Å². The molecule has 0 aromatic carbocycles. The molecule has 0 aromatic rings. The normalized spacial score (nSPS) is 44.2. The zero-order valence-corrected chi connectivity index (χ0v) is 17.1. The molecule has 0 amide bonds. The second-order valence-corrected chi connectivity index (χ2v) is 9.35. The fraction of sp³-hybridized carbons (Fsp3) is 0.818. The Labute approximate surface area is 159 Å². The minimum atomic E-state index is 0.510. The third kappa shape index (κ3) is 3.68. The minimum absolute atomic E-state index is 0.510. The van der Waals surface area contributed by atoms with Crippen LogP contribution in [0.2, 0.25) is 0 Å². The molecule has 4 saturated heterocycles. The first-order valence-corrected chi connectivity index (χ1v) is 11.0. The molecule has 26 heavy (non-hydrogen) atoms. The Morgan fingerprint density at radius 3 is 1.27 bits per heavy atom. The summed E-state index contributed by atoms with van der Waals surface area (Å²) in [5.41, 5.74) is 6.27. The molecule has 4 rings (SSSR count). The van der Waals surface area contributed by atoms with Crippen molar-refractivity contribution in [3.63, 3.8) is 0 Å². The van der Waals surface area contributed by atoms with Crippen LogP contribution in [0, 0.1) is 0 Å². The Kier molecular flexibility index (Phi) is 5.34. The van der Waals surface area contributed by atoms with Gasteiger partial charge >= 0.3 is 0 Å². The van der Waals surface area contributed by atoms with Crippen molar-refractivity contribution in [1.29, 1.82) is 0 Å². The molecule has 6 atom stereocenters. The molecule has 146 valence electrons. The zero-order chi connectivity index (χ0) is 18.3. The third-order valence-electron chi connectivity index (χ3n) is 6.88. The number of nitrogens with one attached hydrogen (secondary N) is 4. The Morgan fingerprint density at radius 2 is 1.00 bits per heavy atom. The molecule has 4 aliphatic heterocycles. The first-order valence-electron chi connectivity index (χ1n) is 11.0. The third-order valence-corrected chi connectivity index (χ3v) is 6.88. The number of allylic oxidation sites excluding steroid dienone is 2. The summed E-state index contributed by atoms with van der Waals surface area (Å²) in [5.74, 6) is 0. The van der Waals surface area contributed by atoms with Crippen LogP contribution in [0.5, 0.6) is 0 Å². The highest BCUT2D eigenvalue weighted by molar-refractivity contribution is 5.47. The molecule has 0 radical (unpaired) electrons. The molecule has 4 fully saturated rings. The number of hydrogen-bond acceptors (Lipinski definition) is 4. The van der Waals surface area contributed by atoms with Gasteiger partial charge in [-0.1, -0.05) is 0 Å². The highest BCUT2D eigenvalue weighted by Gasteiger charge is 2.37. The lowest BCUT2D eigenvalue weighted by molar-refractivity contribution is 0.568. The second kappa shape index (κ2) is 7.55. The van der Waals surface area contributed by atoms with Crippen molar-refractivity contribution in [2.24, 2.45) is 0 Å². The van der Waals surface area contributed by atoms with E-state index in [2.05, 4.69) is 49.0 Å². The van der Waals surface area contributed by atoms with Gasteiger partial charge < -0.3 is 21.3 Å². The van der Waals surface area contributed by atoms with Crippen LogP contribution in [0.4, 0.5) is 0 Å². The molecule has 6 unspecified atom stereocenters. The van der Waals surface area contributed by atoms with E-state index in [1.807, 2.05) is 0 Å². The highest BCUT2D eigenvalue weighted by Crippen LogP contribution is 2.38. The predicted octanol–water partition coefficient (Wildman–Crippen LogP) is 3.32. The Morgan fingerprint density at radius 1 is 0.577 bits per heavy atom. The van der Waals surface area contributed by atoms with Gasteiger partial charge in [0.25, 0.3) is 0 Å². The predicted molar refractivity (Wildman–Crippen MR) is 109 cm³/mol. The van der Waals surface area contributed by atoms with Gasteiger partial charge in [-0.15, -0.1) is 0 Å². The van der Waals surface area contributed by atoms with Gasteiger partial charge in [0.15, 0.2) is 0 Å². The van der Waals surface area contributed by atoms with Crippen LogP contribution in [-0.2, 0) is 0 Å². The van der Waals surface area contributed by atoms with Gasteiger partial charge in [-0.2, -0.15) is 0 Å². The van der Waals surface area contributed by atoms with Gasteiger partial charge in [0.05, 0.1) is 0 Å². The topological polar surface area (TPSA) is 48.1 Å². The maximum Gasteiger partial charge on any atom is 0.0344 e. The molecular weight excluding hydrogens is 320 g/mol. The molecule has 0 saturated carbocycles. The van der Waals surface area contributed by atoms with Crippen LogP contribution in [0.25, 0.3) is 0 Å². The Hall–Kier alpha value is -1.00. The first-order chi connectivity index (χ1) is 12.5. The fourth-order valence-electron chi connectivity index (χ4n) is 5.46. The van der Waals surface area contributed by atoms with E-state index < -0.39 is 0 Å². The zero-order valence-electron chi connectivity index (χ0n) is 17.1. The molecule has 0 spiro atoms. The van der Waals surface area contributed by atoms with Crippen LogP contribution in [0.1, 0.15) is 79.1 Å². The molecule has 4 heteroatoms. The summed E-state index contributed by atoms with van der Waals surface area (Å²) in [5, 5.41) is 15.5. The van der Waals surface area contributed by atoms with E-state index in [9.17, 15) is 0 Å². The van der Waals surface area contributed by atoms with E-state index >= 15 is 0 Å². The van der Waals surface area contributed by atoms with Gasteiger partial charge in [0.2, 0.25) is 0 Å². The van der Waals surface area contributed by atoms with Crippen molar-refractivity contribution < 1.29 is 0 Å². The molecule has 0 aliphatic carbocycles. The lowest BCUT2D eigenvalue weighted by atomic mass is 9.87.